The molecule has 3 N–H and O–H groups in total. The van der Waals surface area contributed by atoms with Crippen molar-refractivity contribution in [3.63, 3.8) is 0 Å². The van der Waals surface area contributed by atoms with Crippen molar-refractivity contribution in [2.75, 3.05) is 17.2 Å². The summed E-state index contributed by atoms with van der Waals surface area (Å²) in [5, 5.41) is 8.44. The number of hydrogen-bond acceptors (Lipinski definition) is 4. The third kappa shape index (κ3) is 3.36. The smallest absolute Gasteiger partial charge is 0.265 e. The van der Waals surface area contributed by atoms with Crippen molar-refractivity contribution in [3.8, 4) is 5.75 Å². The lowest BCUT2D eigenvalue weighted by Crippen LogP contribution is -2.54. The van der Waals surface area contributed by atoms with E-state index in [0.717, 1.165) is 19.3 Å². The van der Waals surface area contributed by atoms with Gasteiger partial charge in [0.25, 0.3) is 5.91 Å². The van der Waals surface area contributed by atoms with Crippen LogP contribution in [0.2, 0.25) is 0 Å². The molecule has 0 radical (unpaired) electrons. The highest BCUT2D eigenvalue weighted by Crippen LogP contribution is 2.60. The summed E-state index contributed by atoms with van der Waals surface area (Å²) < 4.78 is 5.52. The minimum atomic E-state index is -0.539. The normalized spacial score (nSPS) is 34.0. The van der Waals surface area contributed by atoms with Crippen LogP contribution in [0.15, 0.2) is 18.2 Å². The lowest BCUT2D eigenvalue weighted by Gasteiger charge is -2.55. The number of nitrogens with one attached hydrogen (secondary N) is 3. The fraction of sp³-hybridized carbons (Fsp3) is 0.591. The van der Waals surface area contributed by atoms with E-state index >= 15 is 0 Å². The van der Waals surface area contributed by atoms with Crippen LogP contribution in [0.5, 0.6) is 5.75 Å². The molecular formula is C22H27N3O4. The van der Waals surface area contributed by atoms with Gasteiger partial charge < -0.3 is 20.7 Å². The number of ether oxygens (including phenoxy) is 1. The van der Waals surface area contributed by atoms with Gasteiger partial charge in [0.15, 0.2) is 6.10 Å². The lowest BCUT2D eigenvalue weighted by atomic mass is 9.49. The molecule has 7 nitrogen and oxygen atoms in total. The van der Waals surface area contributed by atoms with Gasteiger partial charge in [-0.15, -0.1) is 0 Å². The molecule has 1 aliphatic heterocycles. The Labute approximate surface area is 169 Å². The second kappa shape index (κ2) is 6.75. The first-order valence-electron chi connectivity index (χ1n) is 10.6. The molecule has 4 bridgehead atoms. The molecule has 4 saturated carbocycles. The van der Waals surface area contributed by atoms with Crippen LogP contribution in [0.3, 0.4) is 0 Å². The summed E-state index contributed by atoms with van der Waals surface area (Å²) in [5.74, 6) is 2.20. The van der Waals surface area contributed by atoms with Crippen molar-refractivity contribution in [3.05, 3.63) is 18.2 Å². The molecule has 4 fully saturated rings. The van der Waals surface area contributed by atoms with Gasteiger partial charge in [-0.25, -0.2) is 0 Å². The van der Waals surface area contributed by atoms with E-state index in [0.29, 0.717) is 34.9 Å². The summed E-state index contributed by atoms with van der Waals surface area (Å²) >= 11 is 0. The van der Waals surface area contributed by atoms with Gasteiger partial charge in [-0.1, -0.05) is 0 Å². The Hall–Kier alpha value is -2.57. The zero-order valence-corrected chi connectivity index (χ0v) is 16.6. The average molecular weight is 397 g/mol. The predicted octanol–water partition coefficient (Wildman–Crippen LogP) is 2.68. The Kier molecular flexibility index (Phi) is 4.29. The summed E-state index contributed by atoms with van der Waals surface area (Å²) in [6.45, 7) is 1.64. The first kappa shape index (κ1) is 18.5. The van der Waals surface area contributed by atoms with E-state index in [9.17, 15) is 14.4 Å². The molecule has 4 aliphatic carbocycles. The van der Waals surface area contributed by atoms with E-state index in [1.165, 1.54) is 19.3 Å². The molecule has 1 aromatic rings. The zero-order chi connectivity index (χ0) is 20.2. The Balaban J connectivity index is 1.18. The topological polar surface area (TPSA) is 96.5 Å². The quantitative estimate of drug-likeness (QED) is 0.728. The molecule has 3 amide bonds. The summed E-state index contributed by atoms with van der Waals surface area (Å²) in [5.41, 5.74) is 0.832. The van der Waals surface area contributed by atoms with Crippen LogP contribution in [0.1, 0.15) is 45.4 Å². The van der Waals surface area contributed by atoms with Crippen LogP contribution in [0.4, 0.5) is 11.4 Å². The monoisotopic (exact) mass is 397 g/mol. The lowest BCUT2D eigenvalue weighted by molar-refractivity contribution is -0.146. The van der Waals surface area contributed by atoms with Crippen LogP contribution < -0.4 is 20.7 Å². The molecule has 1 unspecified atom stereocenters. The predicted molar refractivity (Wildman–Crippen MR) is 107 cm³/mol. The number of amides is 3. The van der Waals surface area contributed by atoms with Gasteiger partial charge in [0.1, 0.15) is 5.75 Å². The first-order valence-corrected chi connectivity index (χ1v) is 10.6. The maximum atomic E-state index is 13.0. The SMILES string of the molecule is CC1Oc2ccc(NC(=O)CNC(=O)C34CC5CC(CC(C5)C3)C4)cc2NC1=O. The van der Waals surface area contributed by atoms with Gasteiger partial charge in [0, 0.05) is 11.1 Å². The average Bonchev–Trinajstić information content (AvgIpc) is 2.66. The van der Waals surface area contributed by atoms with Crippen molar-refractivity contribution in [1.29, 1.82) is 0 Å². The third-order valence-electron chi connectivity index (χ3n) is 7.12. The second-order valence-corrected chi connectivity index (χ2v) is 9.39. The Morgan fingerprint density at radius 1 is 1.14 bits per heavy atom. The minimum Gasteiger partial charge on any atom is -0.479 e. The molecule has 29 heavy (non-hydrogen) atoms. The number of rotatable bonds is 4. The molecular weight excluding hydrogens is 370 g/mol. The van der Waals surface area contributed by atoms with Crippen LogP contribution in [0, 0.1) is 23.2 Å². The molecule has 6 rings (SSSR count). The standard InChI is InChI=1S/C22H27N3O4/c1-12-20(27)25-17-7-16(2-3-18(17)29-12)24-19(26)11-23-21(28)22-8-13-4-14(9-22)6-15(5-13)10-22/h2-3,7,12-15H,4-6,8-11H2,1H3,(H,23,28)(H,24,26)(H,25,27). The van der Waals surface area contributed by atoms with Crippen molar-refractivity contribution in [2.24, 2.45) is 23.2 Å². The highest BCUT2D eigenvalue weighted by Gasteiger charge is 2.54. The Morgan fingerprint density at radius 3 is 2.45 bits per heavy atom. The van der Waals surface area contributed by atoms with Gasteiger partial charge in [0.05, 0.1) is 12.2 Å². The fourth-order valence-corrected chi connectivity index (χ4v) is 6.23. The van der Waals surface area contributed by atoms with Crippen molar-refractivity contribution in [2.45, 2.75) is 51.6 Å². The summed E-state index contributed by atoms with van der Waals surface area (Å²) in [6, 6.07) is 5.11. The minimum absolute atomic E-state index is 0.0441. The highest BCUT2D eigenvalue weighted by molar-refractivity contribution is 6.00. The van der Waals surface area contributed by atoms with E-state index in [1.807, 2.05) is 0 Å². The van der Waals surface area contributed by atoms with Crippen LogP contribution >= 0.6 is 0 Å². The summed E-state index contributed by atoms with van der Waals surface area (Å²) in [6.07, 6.45) is 6.25. The van der Waals surface area contributed by atoms with Gasteiger partial charge >= 0.3 is 0 Å². The molecule has 1 aromatic carbocycles. The van der Waals surface area contributed by atoms with Gasteiger partial charge in [0.2, 0.25) is 11.8 Å². The van der Waals surface area contributed by atoms with Crippen LogP contribution in [-0.4, -0.2) is 30.4 Å². The molecule has 7 heteroatoms. The summed E-state index contributed by atoms with van der Waals surface area (Å²) in [7, 11) is 0. The van der Waals surface area contributed by atoms with Crippen LogP contribution in [0.25, 0.3) is 0 Å². The van der Waals surface area contributed by atoms with Crippen molar-refractivity contribution in [1.82, 2.24) is 5.32 Å². The van der Waals surface area contributed by atoms with E-state index in [1.54, 1.807) is 25.1 Å². The Morgan fingerprint density at radius 2 is 1.79 bits per heavy atom. The number of carbonyl (C=O) groups excluding carboxylic acids is 3. The number of anilines is 2. The molecule has 0 saturated heterocycles. The third-order valence-corrected chi connectivity index (χ3v) is 7.12. The fourth-order valence-electron chi connectivity index (χ4n) is 6.23. The molecule has 5 aliphatic rings. The zero-order valence-electron chi connectivity index (χ0n) is 16.6. The van der Waals surface area contributed by atoms with E-state index in [4.69, 9.17) is 4.74 Å². The largest absolute Gasteiger partial charge is 0.479 e. The van der Waals surface area contributed by atoms with Gasteiger partial charge in [-0.3, -0.25) is 14.4 Å². The highest BCUT2D eigenvalue weighted by atomic mass is 16.5. The van der Waals surface area contributed by atoms with Gasteiger partial charge in [-0.2, -0.15) is 0 Å². The molecule has 1 atom stereocenters. The van der Waals surface area contributed by atoms with E-state index in [2.05, 4.69) is 16.0 Å². The number of benzene rings is 1. The van der Waals surface area contributed by atoms with E-state index in [-0.39, 0.29) is 29.7 Å². The van der Waals surface area contributed by atoms with Crippen molar-refractivity contribution >= 4 is 29.1 Å². The first-order chi connectivity index (χ1) is 13.9. The maximum Gasteiger partial charge on any atom is 0.265 e. The van der Waals surface area contributed by atoms with Crippen LogP contribution in [-0.2, 0) is 14.4 Å². The molecule has 0 aromatic heterocycles. The maximum absolute atomic E-state index is 13.0. The second-order valence-electron chi connectivity index (χ2n) is 9.39. The molecule has 1 heterocycles. The molecule has 154 valence electrons. The Bertz CT molecular complexity index is 846. The van der Waals surface area contributed by atoms with Gasteiger partial charge in [-0.05, 0) is 81.4 Å². The number of fused-ring (bicyclic) bond motifs is 1. The summed E-state index contributed by atoms with van der Waals surface area (Å²) in [4.78, 5) is 37.1. The van der Waals surface area contributed by atoms with E-state index < -0.39 is 6.10 Å². The molecule has 0 spiro atoms. The number of carbonyl (C=O) groups is 3. The van der Waals surface area contributed by atoms with Crippen molar-refractivity contribution < 1.29 is 19.1 Å². The number of hydrogen-bond donors (Lipinski definition) is 3.